The molecule has 74 valence electrons. The Bertz CT molecular complexity index is 257. The third kappa shape index (κ3) is 3.59. The number of hydrogen-bond acceptors (Lipinski definition) is 2. The fourth-order valence-corrected chi connectivity index (χ4v) is 1.20. The van der Waals surface area contributed by atoms with Crippen LogP contribution in [0.2, 0.25) is 0 Å². The van der Waals surface area contributed by atoms with Crippen LogP contribution in [0.5, 0.6) is 0 Å². The molecule has 0 spiro atoms. The lowest BCUT2D eigenvalue weighted by atomic mass is 10.1. The molecular formula is C10H19N3. The van der Waals surface area contributed by atoms with Crippen LogP contribution in [0, 0.1) is 6.92 Å². The Morgan fingerprint density at radius 2 is 2.15 bits per heavy atom. The maximum absolute atomic E-state index is 4.24. The van der Waals surface area contributed by atoms with Crippen molar-refractivity contribution in [3.63, 3.8) is 0 Å². The predicted octanol–water partition coefficient (Wildman–Crippen LogP) is 1.65. The zero-order valence-corrected chi connectivity index (χ0v) is 8.94. The van der Waals surface area contributed by atoms with Crippen LogP contribution in [0.3, 0.4) is 0 Å². The van der Waals surface area contributed by atoms with Gasteiger partial charge >= 0.3 is 0 Å². The number of nitrogens with zero attached hydrogens (tertiary/aromatic N) is 1. The van der Waals surface area contributed by atoms with E-state index < -0.39 is 0 Å². The van der Waals surface area contributed by atoms with E-state index in [1.165, 1.54) is 5.69 Å². The highest BCUT2D eigenvalue weighted by Crippen LogP contribution is 2.02. The van der Waals surface area contributed by atoms with Crippen LogP contribution < -0.4 is 5.32 Å². The van der Waals surface area contributed by atoms with Gasteiger partial charge in [-0.1, -0.05) is 0 Å². The van der Waals surface area contributed by atoms with E-state index in [1.54, 1.807) is 6.33 Å². The van der Waals surface area contributed by atoms with Gasteiger partial charge in [0.05, 0.1) is 12.0 Å². The van der Waals surface area contributed by atoms with Crippen molar-refractivity contribution in [1.29, 1.82) is 0 Å². The zero-order valence-electron chi connectivity index (χ0n) is 8.94. The number of aromatic nitrogens is 2. The summed E-state index contributed by atoms with van der Waals surface area (Å²) in [6, 6.07) is 0. The van der Waals surface area contributed by atoms with Crippen LogP contribution in [0.4, 0.5) is 0 Å². The highest BCUT2D eigenvalue weighted by atomic mass is 14.9. The Kier molecular flexibility index (Phi) is 3.09. The van der Waals surface area contributed by atoms with Crippen molar-refractivity contribution in [3.05, 3.63) is 17.7 Å². The molecule has 0 unspecified atom stereocenters. The number of hydrogen-bond donors (Lipinski definition) is 2. The molecule has 3 nitrogen and oxygen atoms in total. The van der Waals surface area contributed by atoms with E-state index in [2.05, 4.69) is 43.0 Å². The van der Waals surface area contributed by atoms with Gasteiger partial charge in [0.15, 0.2) is 0 Å². The molecule has 3 heteroatoms. The fourth-order valence-electron chi connectivity index (χ4n) is 1.20. The van der Waals surface area contributed by atoms with E-state index >= 15 is 0 Å². The topological polar surface area (TPSA) is 40.7 Å². The van der Waals surface area contributed by atoms with E-state index in [-0.39, 0.29) is 5.54 Å². The SMILES string of the molecule is Cc1[nH]cnc1CCNC(C)(C)C. The van der Waals surface area contributed by atoms with Crippen LogP contribution in [-0.4, -0.2) is 22.1 Å². The smallest absolute Gasteiger partial charge is 0.0925 e. The predicted molar refractivity (Wildman–Crippen MR) is 54.8 cm³/mol. The molecule has 2 N–H and O–H groups in total. The van der Waals surface area contributed by atoms with Gasteiger partial charge in [0, 0.05) is 24.2 Å². The molecule has 1 aromatic rings. The van der Waals surface area contributed by atoms with Gasteiger partial charge in [-0.15, -0.1) is 0 Å². The van der Waals surface area contributed by atoms with E-state index in [0.29, 0.717) is 0 Å². The van der Waals surface area contributed by atoms with Gasteiger partial charge in [0.2, 0.25) is 0 Å². The lowest BCUT2D eigenvalue weighted by Crippen LogP contribution is -2.37. The number of rotatable bonds is 3. The highest BCUT2D eigenvalue weighted by molar-refractivity contribution is 5.08. The van der Waals surface area contributed by atoms with Crippen LogP contribution >= 0.6 is 0 Å². The largest absolute Gasteiger partial charge is 0.348 e. The number of nitrogens with one attached hydrogen (secondary N) is 2. The molecule has 1 heterocycles. The molecular weight excluding hydrogens is 162 g/mol. The second-order valence-corrected chi connectivity index (χ2v) is 4.40. The summed E-state index contributed by atoms with van der Waals surface area (Å²) in [6.07, 6.45) is 2.74. The van der Waals surface area contributed by atoms with E-state index in [4.69, 9.17) is 0 Å². The standard InChI is InChI=1S/C10H19N3/c1-8-9(12-7-11-8)5-6-13-10(2,3)4/h7,13H,5-6H2,1-4H3,(H,11,12). The first kappa shape index (κ1) is 10.3. The molecule has 0 aliphatic heterocycles. The first-order valence-electron chi connectivity index (χ1n) is 4.73. The van der Waals surface area contributed by atoms with Gasteiger partial charge in [0.25, 0.3) is 0 Å². The third-order valence-corrected chi connectivity index (χ3v) is 1.95. The zero-order chi connectivity index (χ0) is 9.90. The van der Waals surface area contributed by atoms with Gasteiger partial charge in [-0.3, -0.25) is 0 Å². The lowest BCUT2D eigenvalue weighted by molar-refractivity contribution is 0.428. The fraction of sp³-hybridized carbons (Fsp3) is 0.700. The van der Waals surface area contributed by atoms with Crippen molar-refractivity contribution in [3.8, 4) is 0 Å². The van der Waals surface area contributed by atoms with Crippen LogP contribution in [0.1, 0.15) is 32.2 Å². The minimum absolute atomic E-state index is 0.199. The molecule has 0 bridgehead atoms. The number of H-pyrrole nitrogens is 1. The maximum atomic E-state index is 4.24. The Labute approximate surface area is 80.0 Å². The molecule has 13 heavy (non-hydrogen) atoms. The molecule has 0 aromatic carbocycles. The van der Waals surface area contributed by atoms with Crippen molar-refractivity contribution in [2.24, 2.45) is 0 Å². The van der Waals surface area contributed by atoms with E-state index in [9.17, 15) is 0 Å². The summed E-state index contributed by atoms with van der Waals surface area (Å²) >= 11 is 0. The minimum atomic E-state index is 0.199. The molecule has 0 fully saturated rings. The van der Waals surface area contributed by atoms with Gasteiger partial charge in [-0.25, -0.2) is 4.98 Å². The normalized spacial score (nSPS) is 12.0. The van der Waals surface area contributed by atoms with Crippen LogP contribution in [0.25, 0.3) is 0 Å². The Morgan fingerprint density at radius 3 is 2.62 bits per heavy atom. The second kappa shape index (κ2) is 3.92. The number of imidazole rings is 1. The van der Waals surface area contributed by atoms with Crippen molar-refractivity contribution < 1.29 is 0 Å². The van der Waals surface area contributed by atoms with Gasteiger partial charge in [-0.05, 0) is 27.7 Å². The highest BCUT2D eigenvalue weighted by Gasteiger charge is 2.08. The molecule has 0 saturated heterocycles. The molecule has 0 aliphatic carbocycles. The molecule has 0 amide bonds. The number of aryl methyl sites for hydroxylation is 1. The van der Waals surface area contributed by atoms with Crippen molar-refractivity contribution in [2.75, 3.05) is 6.54 Å². The summed E-state index contributed by atoms with van der Waals surface area (Å²) in [6.45, 7) is 9.55. The molecule has 0 aliphatic rings. The third-order valence-electron chi connectivity index (χ3n) is 1.95. The summed E-state index contributed by atoms with van der Waals surface area (Å²) in [5.41, 5.74) is 2.54. The summed E-state index contributed by atoms with van der Waals surface area (Å²) in [4.78, 5) is 7.32. The Balaban J connectivity index is 2.32. The monoisotopic (exact) mass is 181 g/mol. The lowest BCUT2D eigenvalue weighted by Gasteiger charge is -2.20. The van der Waals surface area contributed by atoms with Gasteiger partial charge in [-0.2, -0.15) is 0 Å². The average molecular weight is 181 g/mol. The molecule has 1 aromatic heterocycles. The first-order valence-corrected chi connectivity index (χ1v) is 4.73. The average Bonchev–Trinajstić information content (AvgIpc) is 2.34. The second-order valence-electron chi connectivity index (χ2n) is 4.40. The van der Waals surface area contributed by atoms with Crippen molar-refractivity contribution >= 4 is 0 Å². The quantitative estimate of drug-likeness (QED) is 0.744. The Hall–Kier alpha value is -0.830. The van der Waals surface area contributed by atoms with E-state index in [1.807, 2.05) is 0 Å². The van der Waals surface area contributed by atoms with Crippen LogP contribution in [0.15, 0.2) is 6.33 Å². The molecule has 0 radical (unpaired) electrons. The van der Waals surface area contributed by atoms with Gasteiger partial charge < -0.3 is 10.3 Å². The van der Waals surface area contributed by atoms with Crippen molar-refractivity contribution in [2.45, 2.75) is 39.7 Å². The van der Waals surface area contributed by atoms with Gasteiger partial charge in [0.1, 0.15) is 0 Å². The number of aromatic amines is 1. The van der Waals surface area contributed by atoms with Crippen molar-refractivity contribution in [1.82, 2.24) is 15.3 Å². The van der Waals surface area contributed by atoms with E-state index in [0.717, 1.165) is 18.7 Å². The summed E-state index contributed by atoms with van der Waals surface area (Å²) in [7, 11) is 0. The molecule has 1 rings (SSSR count). The summed E-state index contributed by atoms with van der Waals surface area (Å²) < 4.78 is 0. The minimum Gasteiger partial charge on any atom is -0.348 e. The summed E-state index contributed by atoms with van der Waals surface area (Å²) in [5, 5.41) is 3.43. The molecule has 0 atom stereocenters. The Morgan fingerprint density at radius 1 is 1.46 bits per heavy atom. The maximum Gasteiger partial charge on any atom is 0.0925 e. The summed E-state index contributed by atoms with van der Waals surface area (Å²) in [5.74, 6) is 0. The first-order chi connectivity index (χ1) is 5.99. The van der Waals surface area contributed by atoms with Crippen LogP contribution in [-0.2, 0) is 6.42 Å². The molecule has 0 saturated carbocycles.